The van der Waals surface area contributed by atoms with Crippen LogP contribution in [-0.4, -0.2) is 11.8 Å². The smallest absolute Gasteiger partial charge is 0.269 e. The Kier molecular flexibility index (Phi) is 3.99. The van der Waals surface area contributed by atoms with Gasteiger partial charge in [0.1, 0.15) is 0 Å². The van der Waals surface area contributed by atoms with Crippen LogP contribution in [0.1, 0.15) is 19.4 Å². The molecule has 0 atom stereocenters. The molecule has 0 N–H and O–H groups in total. The van der Waals surface area contributed by atoms with Crippen LogP contribution < -0.4 is 4.90 Å². The number of amides is 2. The normalized spacial score (nSPS) is 15.3. The minimum Gasteiger partial charge on any atom is -0.269 e. The van der Waals surface area contributed by atoms with Crippen LogP contribution in [0, 0.1) is 0 Å². The summed E-state index contributed by atoms with van der Waals surface area (Å²) in [4.78, 5) is 25.6. The summed E-state index contributed by atoms with van der Waals surface area (Å²) in [5.74, 6) is -0.826. The van der Waals surface area contributed by atoms with Crippen LogP contribution >= 0.6 is 0 Å². The van der Waals surface area contributed by atoms with Crippen LogP contribution in [0.2, 0.25) is 0 Å². The minimum absolute atomic E-state index is 0.334. The van der Waals surface area contributed by atoms with Gasteiger partial charge in [0.15, 0.2) is 0 Å². The van der Waals surface area contributed by atoms with Gasteiger partial charge in [-0.15, -0.1) is 0 Å². The lowest BCUT2D eigenvalue weighted by Crippen LogP contribution is -2.31. The lowest BCUT2D eigenvalue weighted by molar-refractivity contribution is -0.137. The van der Waals surface area contributed by atoms with Crippen LogP contribution in [-0.2, 0) is 15.8 Å². The van der Waals surface area contributed by atoms with Gasteiger partial charge >= 0.3 is 6.18 Å². The summed E-state index contributed by atoms with van der Waals surface area (Å²) in [5.41, 5.74) is 1.17. The second-order valence-corrected chi connectivity index (χ2v) is 5.82. The Morgan fingerprint density at radius 2 is 1.32 bits per heavy atom. The van der Waals surface area contributed by atoms with Crippen molar-refractivity contribution >= 4 is 17.5 Å². The number of imide groups is 1. The number of alkyl halides is 3. The highest BCUT2D eigenvalue weighted by Crippen LogP contribution is 2.34. The molecule has 0 spiro atoms. The quantitative estimate of drug-likeness (QED) is 0.747. The Bertz CT molecular complexity index is 889. The van der Waals surface area contributed by atoms with E-state index in [2.05, 4.69) is 0 Å². The van der Waals surface area contributed by atoms with Crippen LogP contribution in [0.15, 0.2) is 59.7 Å². The molecule has 1 heterocycles. The fraction of sp³-hybridized carbons (Fsp3) is 0.158. The molecule has 0 aliphatic carbocycles. The Labute approximate surface area is 142 Å². The third-order valence-corrected chi connectivity index (χ3v) is 4.24. The first-order valence-corrected chi connectivity index (χ1v) is 7.54. The number of anilines is 1. The van der Waals surface area contributed by atoms with Crippen molar-refractivity contribution in [2.75, 3.05) is 4.90 Å². The van der Waals surface area contributed by atoms with Gasteiger partial charge < -0.3 is 0 Å². The van der Waals surface area contributed by atoms with Crippen molar-refractivity contribution in [3.8, 4) is 11.1 Å². The van der Waals surface area contributed by atoms with E-state index in [0.717, 1.165) is 17.0 Å². The first kappa shape index (κ1) is 17.0. The number of benzene rings is 2. The molecule has 0 unspecified atom stereocenters. The highest BCUT2D eigenvalue weighted by Gasteiger charge is 2.34. The lowest BCUT2D eigenvalue weighted by atomic mass is 10.0. The maximum absolute atomic E-state index is 12.9. The zero-order chi connectivity index (χ0) is 18.4. The number of carbonyl (C=O) groups excluding carboxylic acids is 2. The molecular formula is C19H14F3NO2. The summed E-state index contributed by atoms with van der Waals surface area (Å²) in [6, 6.07) is 11.3. The molecule has 3 nitrogen and oxygen atoms in total. The summed E-state index contributed by atoms with van der Waals surface area (Å²) < 4.78 is 38.7. The molecule has 1 aliphatic rings. The number of rotatable bonds is 2. The van der Waals surface area contributed by atoms with E-state index in [4.69, 9.17) is 0 Å². The number of nitrogens with zero attached hydrogens (tertiary/aromatic N) is 1. The monoisotopic (exact) mass is 345 g/mol. The highest BCUT2D eigenvalue weighted by molar-refractivity contribution is 6.32. The molecule has 1 aliphatic heterocycles. The van der Waals surface area contributed by atoms with Gasteiger partial charge in [0.25, 0.3) is 11.8 Å². The van der Waals surface area contributed by atoms with Crippen molar-refractivity contribution in [2.24, 2.45) is 0 Å². The van der Waals surface area contributed by atoms with Crippen LogP contribution in [0.4, 0.5) is 18.9 Å². The second-order valence-electron chi connectivity index (χ2n) is 5.82. The van der Waals surface area contributed by atoms with Gasteiger partial charge in [-0.2, -0.15) is 13.2 Å². The summed E-state index contributed by atoms with van der Waals surface area (Å²) in [7, 11) is 0. The molecule has 25 heavy (non-hydrogen) atoms. The second kappa shape index (κ2) is 5.88. The Balaban J connectivity index is 2.02. The fourth-order valence-electron chi connectivity index (χ4n) is 2.68. The summed E-state index contributed by atoms with van der Waals surface area (Å²) in [5, 5.41) is 0. The molecule has 6 heteroatoms. The molecule has 0 bridgehead atoms. The summed E-state index contributed by atoms with van der Waals surface area (Å²) in [6.07, 6.45) is -4.44. The van der Waals surface area contributed by atoms with E-state index in [9.17, 15) is 22.8 Å². The van der Waals surface area contributed by atoms with Gasteiger partial charge in [-0.05, 0) is 49.2 Å². The molecule has 3 rings (SSSR count). The number of hydrogen-bond donors (Lipinski definition) is 0. The number of halogens is 3. The van der Waals surface area contributed by atoms with Gasteiger partial charge in [0.05, 0.1) is 11.3 Å². The lowest BCUT2D eigenvalue weighted by Gasteiger charge is -2.16. The van der Waals surface area contributed by atoms with Crippen molar-refractivity contribution in [1.29, 1.82) is 0 Å². The van der Waals surface area contributed by atoms with Gasteiger partial charge in [-0.1, -0.05) is 24.3 Å². The van der Waals surface area contributed by atoms with E-state index < -0.39 is 23.6 Å². The zero-order valence-corrected chi connectivity index (χ0v) is 13.5. The van der Waals surface area contributed by atoms with Gasteiger partial charge in [0.2, 0.25) is 0 Å². The van der Waals surface area contributed by atoms with Crippen molar-refractivity contribution in [3.05, 3.63) is 65.2 Å². The number of carbonyl (C=O) groups is 2. The Morgan fingerprint density at radius 1 is 0.800 bits per heavy atom. The molecule has 2 aromatic rings. The molecule has 0 fully saturated rings. The van der Waals surface area contributed by atoms with E-state index in [1.54, 1.807) is 38.1 Å². The molecule has 2 aromatic carbocycles. The Morgan fingerprint density at radius 3 is 1.88 bits per heavy atom. The molecule has 0 radical (unpaired) electrons. The van der Waals surface area contributed by atoms with Crippen molar-refractivity contribution in [2.45, 2.75) is 20.0 Å². The van der Waals surface area contributed by atoms with Gasteiger partial charge in [0, 0.05) is 11.1 Å². The number of hydrogen-bond acceptors (Lipinski definition) is 2. The average molecular weight is 345 g/mol. The largest absolute Gasteiger partial charge is 0.416 e. The molecule has 128 valence electrons. The predicted molar refractivity (Wildman–Crippen MR) is 87.7 cm³/mol. The third kappa shape index (κ3) is 2.95. The van der Waals surface area contributed by atoms with E-state index in [0.29, 0.717) is 28.0 Å². The van der Waals surface area contributed by atoms with E-state index in [1.807, 2.05) is 0 Å². The van der Waals surface area contributed by atoms with E-state index in [1.165, 1.54) is 12.1 Å². The first-order chi connectivity index (χ1) is 11.7. The standard InChI is InChI=1S/C19H14F3NO2/c1-11-12(2)18(25)23(17(11)24)16-8-4-6-14(10-16)13-5-3-7-15(9-13)19(20,21)22/h3-10H,1-2H3. The van der Waals surface area contributed by atoms with Crippen molar-refractivity contribution in [3.63, 3.8) is 0 Å². The minimum atomic E-state index is -4.44. The summed E-state index contributed by atoms with van der Waals surface area (Å²) in [6.45, 7) is 3.15. The molecule has 2 amide bonds. The van der Waals surface area contributed by atoms with Crippen LogP contribution in [0.5, 0.6) is 0 Å². The molecular weight excluding hydrogens is 331 g/mol. The molecule has 0 saturated carbocycles. The van der Waals surface area contributed by atoms with E-state index >= 15 is 0 Å². The molecule has 0 saturated heterocycles. The van der Waals surface area contributed by atoms with E-state index in [-0.39, 0.29) is 0 Å². The SMILES string of the molecule is CC1=C(C)C(=O)N(c2cccc(-c3cccc(C(F)(F)F)c3)c2)C1=O. The maximum atomic E-state index is 12.9. The summed E-state index contributed by atoms with van der Waals surface area (Å²) >= 11 is 0. The topological polar surface area (TPSA) is 37.4 Å². The average Bonchev–Trinajstić information content (AvgIpc) is 2.78. The molecule has 0 aromatic heterocycles. The maximum Gasteiger partial charge on any atom is 0.416 e. The van der Waals surface area contributed by atoms with Crippen LogP contribution in [0.3, 0.4) is 0 Å². The highest BCUT2D eigenvalue weighted by atomic mass is 19.4. The Hall–Kier alpha value is -2.89. The van der Waals surface area contributed by atoms with Crippen LogP contribution in [0.25, 0.3) is 11.1 Å². The van der Waals surface area contributed by atoms with Crippen molar-refractivity contribution in [1.82, 2.24) is 0 Å². The first-order valence-electron chi connectivity index (χ1n) is 7.54. The van der Waals surface area contributed by atoms with Gasteiger partial charge in [-0.3, -0.25) is 9.59 Å². The van der Waals surface area contributed by atoms with Gasteiger partial charge in [-0.25, -0.2) is 4.90 Å². The zero-order valence-electron chi connectivity index (χ0n) is 13.5. The van der Waals surface area contributed by atoms with Crippen molar-refractivity contribution < 1.29 is 22.8 Å². The fourth-order valence-corrected chi connectivity index (χ4v) is 2.68. The predicted octanol–water partition coefficient (Wildman–Crippen LogP) is 4.58. The third-order valence-electron chi connectivity index (χ3n) is 4.24.